The molecule has 1 heterocycles. The Balaban J connectivity index is 2.36. The van der Waals surface area contributed by atoms with Crippen molar-refractivity contribution in [2.24, 2.45) is 10.7 Å². The number of halogens is 1. The molecular formula is C10H12FN3O. The highest BCUT2D eigenvalue weighted by Gasteiger charge is 2.19. The van der Waals surface area contributed by atoms with Crippen molar-refractivity contribution < 1.29 is 9.13 Å². The van der Waals surface area contributed by atoms with Gasteiger partial charge in [-0.25, -0.2) is 9.38 Å². The molecule has 1 aromatic carbocycles. The highest BCUT2D eigenvalue weighted by atomic mass is 19.1. The van der Waals surface area contributed by atoms with E-state index in [0.717, 1.165) is 0 Å². The Morgan fingerprint density at radius 1 is 1.40 bits per heavy atom. The van der Waals surface area contributed by atoms with Crippen LogP contribution in [0.5, 0.6) is 0 Å². The molecule has 4 nitrogen and oxygen atoms in total. The molecule has 15 heavy (non-hydrogen) atoms. The lowest BCUT2D eigenvalue weighted by Gasteiger charge is -2.19. The zero-order valence-electron chi connectivity index (χ0n) is 8.11. The summed E-state index contributed by atoms with van der Waals surface area (Å²) in [5.41, 5.74) is 12.0. The van der Waals surface area contributed by atoms with E-state index >= 15 is 0 Å². The average Bonchev–Trinajstić information content (AvgIpc) is 2.22. The SMILES string of the molecule is NC1=N[C@H](c2cc(N)ccc2F)CCO1. The molecule has 0 radical (unpaired) electrons. The molecule has 1 aliphatic rings. The molecule has 4 N–H and O–H groups in total. The van der Waals surface area contributed by atoms with E-state index in [-0.39, 0.29) is 17.9 Å². The van der Waals surface area contributed by atoms with Gasteiger partial charge in [0.25, 0.3) is 6.02 Å². The number of ether oxygens (including phenoxy) is 1. The van der Waals surface area contributed by atoms with E-state index in [1.54, 1.807) is 6.07 Å². The molecule has 0 saturated heterocycles. The van der Waals surface area contributed by atoms with Gasteiger partial charge in [0.05, 0.1) is 12.6 Å². The number of benzene rings is 1. The van der Waals surface area contributed by atoms with Gasteiger partial charge in [0.15, 0.2) is 0 Å². The summed E-state index contributed by atoms with van der Waals surface area (Å²) in [5, 5.41) is 0. The molecule has 1 aliphatic heterocycles. The van der Waals surface area contributed by atoms with Crippen molar-refractivity contribution in [1.29, 1.82) is 0 Å². The van der Waals surface area contributed by atoms with Crippen molar-refractivity contribution in [2.75, 3.05) is 12.3 Å². The first-order valence-corrected chi connectivity index (χ1v) is 4.68. The maximum absolute atomic E-state index is 13.5. The Hall–Kier alpha value is -1.78. The quantitative estimate of drug-likeness (QED) is 0.682. The molecule has 0 aliphatic carbocycles. The lowest BCUT2D eigenvalue weighted by Crippen LogP contribution is -2.24. The minimum atomic E-state index is -0.312. The summed E-state index contributed by atoms with van der Waals surface area (Å²) in [4.78, 5) is 4.03. The molecule has 0 spiro atoms. The molecule has 5 heteroatoms. The Bertz CT molecular complexity index is 406. The first kappa shape index (κ1) is 9.76. The summed E-state index contributed by atoms with van der Waals surface area (Å²) in [6.45, 7) is 0.453. The maximum Gasteiger partial charge on any atom is 0.282 e. The van der Waals surface area contributed by atoms with E-state index in [2.05, 4.69) is 4.99 Å². The average molecular weight is 209 g/mol. The number of hydrogen-bond acceptors (Lipinski definition) is 4. The van der Waals surface area contributed by atoms with Crippen molar-refractivity contribution in [3.8, 4) is 0 Å². The summed E-state index contributed by atoms with van der Waals surface area (Å²) in [7, 11) is 0. The molecular weight excluding hydrogens is 197 g/mol. The van der Waals surface area contributed by atoms with E-state index in [1.807, 2.05) is 0 Å². The van der Waals surface area contributed by atoms with Crippen LogP contribution in [-0.4, -0.2) is 12.6 Å². The van der Waals surface area contributed by atoms with Gasteiger partial charge < -0.3 is 16.2 Å². The van der Waals surface area contributed by atoms with Gasteiger partial charge in [0, 0.05) is 17.7 Å². The fourth-order valence-electron chi connectivity index (χ4n) is 1.57. The topological polar surface area (TPSA) is 73.6 Å². The Morgan fingerprint density at radius 3 is 2.93 bits per heavy atom. The van der Waals surface area contributed by atoms with Crippen LogP contribution in [-0.2, 0) is 4.74 Å². The largest absolute Gasteiger partial charge is 0.465 e. The minimum absolute atomic E-state index is 0.105. The van der Waals surface area contributed by atoms with Crippen molar-refractivity contribution in [1.82, 2.24) is 0 Å². The molecule has 0 amide bonds. The predicted octanol–water partition coefficient (Wildman–Crippen LogP) is 1.18. The monoisotopic (exact) mass is 209 g/mol. The minimum Gasteiger partial charge on any atom is -0.465 e. The molecule has 0 aromatic heterocycles. The molecule has 0 saturated carbocycles. The third-order valence-corrected chi connectivity index (χ3v) is 2.30. The van der Waals surface area contributed by atoms with E-state index in [0.29, 0.717) is 24.3 Å². The van der Waals surface area contributed by atoms with Crippen LogP contribution in [0, 0.1) is 5.82 Å². The van der Waals surface area contributed by atoms with Gasteiger partial charge in [-0.3, -0.25) is 0 Å². The van der Waals surface area contributed by atoms with E-state index < -0.39 is 0 Å². The van der Waals surface area contributed by atoms with Gasteiger partial charge in [-0.05, 0) is 18.2 Å². The maximum atomic E-state index is 13.5. The number of nitrogens with two attached hydrogens (primary N) is 2. The number of nitrogen functional groups attached to an aromatic ring is 1. The standard InChI is InChI=1S/C10H12FN3O/c11-8-2-1-6(12)5-7(8)9-3-4-15-10(13)14-9/h1-2,5,9H,3-4,12H2,(H2,13,14)/t9-/m0/s1. The zero-order valence-corrected chi connectivity index (χ0v) is 8.11. The number of nitrogens with zero attached hydrogens (tertiary/aromatic N) is 1. The second kappa shape index (κ2) is 3.76. The molecule has 1 aromatic rings. The molecule has 0 fully saturated rings. The van der Waals surface area contributed by atoms with E-state index in [1.165, 1.54) is 12.1 Å². The number of anilines is 1. The Kier molecular flexibility index (Phi) is 2.45. The number of hydrogen-bond donors (Lipinski definition) is 2. The first-order chi connectivity index (χ1) is 7.16. The van der Waals surface area contributed by atoms with Crippen LogP contribution in [0.3, 0.4) is 0 Å². The summed E-state index contributed by atoms with van der Waals surface area (Å²) < 4.78 is 18.4. The zero-order chi connectivity index (χ0) is 10.8. The van der Waals surface area contributed by atoms with Crippen molar-refractivity contribution in [2.45, 2.75) is 12.5 Å². The lowest BCUT2D eigenvalue weighted by atomic mass is 10.0. The molecule has 0 bridgehead atoms. The van der Waals surface area contributed by atoms with Crippen molar-refractivity contribution in [3.63, 3.8) is 0 Å². The van der Waals surface area contributed by atoms with Crippen LogP contribution in [0.15, 0.2) is 23.2 Å². The molecule has 80 valence electrons. The van der Waals surface area contributed by atoms with Gasteiger partial charge in [-0.15, -0.1) is 0 Å². The molecule has 1 atom stereocenters. The summed E-state index contributed by atoms with van der Waals surface area (Å²) in [6, 6.07) is 4.26. The Morgan fingerprint density at radius 2 is 2.20 bits per heavy atom. The fourth-order valence-corrected chi connectivity index (χ4v) is 1.57. The van der Waals surface area contributed by atoms with Gasteiger partial charge in [-0.2, -0.15) is 0 Å². The predicted molar refractivity (Wildman–Crippen MR) is 55.7 cm³/mol. The van der Waals surface area contributed by atoms with Crippen LogP contribution < -0.4 is 11.5 Å². The van der Waals surface area contributed by atoms with Crippen LogP contribution >= 0.6 is 0 Å². The van der Waals surface area contributed by atoms with Crippen LogP contribution in [0.1, 0.15) is 18.0 Å². The molecule has 2 rings (SSSR count). The van der Waals surface area contributed by atoms with Crippen LogP contribution in [0.25, 0.3) is 0 Å². The summed E-state index contributed by atoms with van der Waals surface area (Å²) >= 11 is 0. The first-order valence-electron chi connectivity index (χ1n) is 4.68. The third kappa shape index (κ3) is 2.01. The van der Waals surface area contributed by atoms with Crippen molar-refractivity contribution >= 4 is 11.7 Å². The van der Waals surface area contributed by atoms with Gasteiger partial charge >= 0.3 is 0 Å². The highest BCUT2D eigenvalue weighted by molar-refractivity contribution is 5.72. The van der Waals surface area contributed by atoms with E-state index in [9.17, 15) is 4.39 Å². The number of amidine groups is 1. The summed E-state index contributed by atoms with van der Waals surface area (Å²) in [5.74, 6) is -0.312. The molecule has 0 unspecified atom stereocenters. The highest BCUT2D eigenvalue weighted by Crippen LogP contribution is 2.27. The smallest absolute Gasteiger partial charge is 0.282 e. The van der Waals surface area contributed by atoms with Gasteiger partial charge in [0.2, 0.25) is 0 Å². The summed E-state index contributed by atoms with van der Waals surface area (Å²) in [6.07, 6.45) is 0.612. The Labute approximate surface area is 86.7 Å². The normalized spacial score (nSPS) is 20.6. The number of rotatable bonds is 1. The second-order valence-corrected chi connectivity index (χ2v) is 3.40. The van der Waals surface area contributed by atoms with E-state index in [4.69, 9.17) is 16.2 Å². The van der Waals surface area contributed by atoms with Crippen LogP contribution in [0.4, 0.5) is 10.1 Å². The number of aliphatic imine (C=N–C) groups is 1. The third-order valence-electron chi connectivity index (χ3n) is 2.30. The van der Waals surface area contributed by atoms with Gasteiger partial charge in [-0.1, -0.05) is 0 Å². The second-order valence-electron chi connectivity index (χ2n) is 3.40. The fraction of sp³-hybridized carbons (Fsp3) is 0.300. The lowest BCUT2D eigenvalue weighted by molar-refractivity contribution is 0.255. The van der Waals surface area contributed by atoms with Gasteiger partial charge in [0.1, 0.15) is 5.82 Å². The van der Waals surface area contributed by atoms with Crippen molar-refractivity contribution in [3.05, 3.63) is 29.6 Å². The van der Waals surface area contributed by atoms with Crippen LogP contribution in [0.2, 0.25) is 0 Å².